The highest BCUT2D eigenvalue weighted by Gasteiger charge is 2.37. The molecule has 3 rings (SSSR count). The number of rotatable bonds is 7. The largest absolute Gasteiger partial charge is 0.495 e. The molecule has 0 radical (unpaired) electrons. The van der Waals surface area contributed by atoms with Crippen LogP contribution in [0.1, 0.15) is 6.42 Å². The first kappa shape index (κ1) is 21.7. The van der Waals surface area contributed by atoms with Crippen molar-refractivity contribution in [3.8, 4) is 17.2 Å². The Balaban J connectivity index is 2.04. The Labute approximate surface area is 174 Å². The van der Waals surface area contributed by atoms with Crippen molar-refractivity contribution < 1.29 is 35.8 Å². The molecular weight excluding hydrogens is 436 g/mol. The summed E-state index contributed by atoms with van der Waals surface area (Å²) in [6, 6.07) is 8.13. The van der Waals surface area contributed by atoms with E-state index in [2.05, 4.69) is 4.72 Å². The zero-order valence-corrected chi connectivity index (χ0v) is 18.0. The molecule has 0 unspecified atom stereocenters. The monoisotopic (exact) mass is 456 g/mol. The summed E-state index contributed by atoms with van der Waals surface area (Å²) in [5.41, 5.74) is 0.107. The van der Waals surface area contributed by atoms with E-state index >= 15 is 0 Å². The SMILES string of the molecule is COc1ccc(NS(=O)(=O)c2cc(N3C(=O)CCS3(=O)=O)ccc2OC)cc1OC. The Bertz CT molecular complexity index is 1190. The number of amides is 1. The average Bonchev–Trinajstić information content (AvgIpc) is 2.99. The number of hydrogen-bond acceptors (Lipinski definition) is 8. The van der Waals surface area contributed by atoms with Gasteiger partial charge in [0, 0.05) is 12.5 Å². The lowest BCUT2D eigenvalue weighted by Gasteiger charge is -2.18. The van der Waals surface area contributed by atoms with Crippen LogP contribution in [0.2, 0.25) is 0 Å². The lowest BCUT2D eigenvalue weighted by Crippen LogP contribution is -2.29. The number of methoxy groups -OCH3 is 3. The van der Waals surface area contributed by atoms with Crippen molar-refractivity contribution in [1.82, 2.24) is 0 Å². The highest BCUT2D eigenvalue weighted by atomic mass is 32.2. The molecule has 2 aromatic rings. The highest BCUT2D eigenvalue weighted by molar-refractivity contribution is 7.94. The molecular formula is C18H20N2O8S2. The number of ether oxygens (including phenoxy) is 3. The summed E-state index contributed by atoms with van der Waals surface area (Å²) in [5, 5.41) is 0. The van der Waals surface area contributed by atoms with E-state index in [0.29, 0.717) is 15.8 Å². The minimum absolute atomic E-state index is 0.0178. The van der Waals surface area contributed by atoms with Gasteiger partial charge in [-0.1, -0.05) is 0 Å². The maximum atomic E-state index is 13.0. The van der Waals surface area contributed by atoms with Gasteiger partial charge in [0.05, 0.1) is 38.5 Å². The van der Waals surface area contributed by atoms with Crippen LogP contribution in [-0.4, -0.2) is 49.8 Å². The quantitative estimate of drug-likeness (QED) is 0.665. The van der Waals surface area contributed by atoms with Crippen LogP contribution < -0.4 is 23.2 Å². The van der Waals surface area contributed by atoms with E-state index in [1.165, 1.54) is 51.7 Å². The fourth-order valence-electron chi connectivity index (χ4n) is 2.98. The standard InChI is InChI=1S/C18H20N2O8S2/c1-26-14-6-4-12(10-16(14)28-3)19-30(24,25)17-11-13(5-7-15(17)27-2)20-18(21)8-9-29(20,22)23/h4-7,10-11,19H,8-9H2,1-3H3. The number of anilines is 2. The summed E-state index contributed by atoms with van der Waals surface area (Å²) in [5.74, 6) is -0.249. The van der Waals surface area contributed by atoms with E-state index < -0.39 is 26.0 Å². The third kappa shape index (κ3) is 4.00. The first-order valence-corrected chi connectivity index (χ1v) is 11.7. The molecule has 162 valence electrons. The molecule has 1 saturated heterocycles. The zero-order valence-electron chi connectivity index (χ0n) is 16.4. The lowest BCUT2D eigenvalue weighted by molar-refractivity contribution is -0.116. The van der Waals surface area contributed by atoms with Gasteiger partial charge in [-0.05, 0) is 30.3 Å². The van der Waals surface area contributed by atoms with Crippen molar-refractivity contribution in [2.75, 3.05) is 36.1 Å². The molecule has 1 heterocycles. The summed E-state index contributed by atoms with van der Waals surface area (Å²) >= 11 is 0. The molecule has 0 aromatic heterocycles. The summed E-state index contributed by atoms with van der Waals surface area (Å²) in [4.78, 5) is 11.7. The van der Waals surface area contributed by atoms with Crippen LogP contribution in [-0.2, 0) is 24.8 Å². The van der Waals surface area contributed by atoms with Gasteiger partial charge in [-0.25, -0.2) is 21.1 Å². The topological polar surface area (TPSA) is 128 Å². The minimum atomic E-state index is -4.21. The molecule has 0 aliphatic carbocycles. The van der Waals surface area contributed by atoms with E-state index in [4.69, 9.17) is 14.2 Å². The van der Waals surface area contributed by atoms with Crippen molar-refractivity contribution in [1.29, 1.82) is 0 Å². The third-order valence-corrected chi connectivity index (χ3v) is 7.48. The van der Waals surface area contributed by atoms with Crippen LogP contribution >= 0.6 is 0 Å². The zero-order chi connectivity index (χ0) is 22.1. The van der Waals surface area contributed by atoms with E-state index in [1.54, 1.807) is 0 Å². The number of sulfonamides is 2. The van der Waals surface area contributed by atoms with Crippen LogP contribution in [0.5, 0.6) is 17.2 Å². The fraction of sp³-hybridized carbons (Fsp3) is 0.278. The fourth-order valence-corrected chi connectivity index (χ4v) is 5.67. The number of hydrogen-bond donors (Lipinski definition) is 1. The normalized spacial score (nSPS) is 15.7. The smallest absolute Gasteiger partial charge is 0.265 e. The number of benzene rings is 2. The van der Waals surface area contributed by atoms with Crippen LogP contribution in [0.4, 0.5) is 11.4 Å². The molecule has 1 aliphatic rings. The van der Waals surface area contributed by atoms with Crippen molar-refractivity contribution in [3.05, 3.63) is 36.4 Å². The van der Waals surface area contributed by atoms with E-state index in [9.17, 15) is 21.6 Å². The molecule has 12 heteroatoms. The van der Waals surface area contributed by atoms with Crippen molar-refractivity contribution >= 4 is 37.3 Å². The van der Waals surface area contributed by atoms with Gasteiger partial charge in [0.25, 0.3) is 10.0 Å². The van der Waals surface area contributed by atoms with Gasteiger partial charge in [0.15, 0.2) is 11.5 Å². The van der Waals surface area contributed by atoms with Gasteiger partial charge >= 0.3 is 0 Å². The molecule has 1 amide bonds. The number of carbonyl (C=O) groups is 1. The second-order valence-electron chi connectivity index (χ2n) is 6.23. The average molecular weight is 456 g/mol. The van der Waals surface area contributed by atoms with E-state index in [0.717, 1.165) is 6.07 Å². The molecule has 10 nitrogen and oxygen atoms in total. The van der Waals surface area contributed by atoms with Crippen LogP contribution in [0.3, 0.4) is 0 Å². The number of carbonyl (C=O) groups excluding carboxylic acids is 1. The molecule has 0 bridgehead atoms. The van der Waals surface area contributed by atoms with Crippen molar-refractivity contribution in [2.24, 2.45) is 0 Å². The molecule has 0 spiro atoms. The summed E-state index contributed by atoms with van der Waals surface area (Å²) < 4.78 is 68.9. The summed E-state index contributed by atoms with van der Waals surface area (Å²) in [7, 11) is -3.92. The van der Waals surface area contributed by atoms with Crippen LogP contribution in [0.15, 0.2) is 41.3 Å². The van der Waals surface area contributed by atoms with Crippen molar-refractivity contribution in [2.45, 2.75) is 11.3 Å². The highest BCUT2D eigenvalue weighted by Crippen LogP contribution is 2.35. The van der Waals surface area contributed by atoms with Gasteiger partial charge in [-0.3, -0.25) is 9.52 Å². The second kappa shape index (κ2) is 8.03. The van der Waals surface area contributed by atoms with Gasteiger partial charge in [-0.2, -0.15) is 0 Å². The molecule has 1 N–H and O–H groups in total. The molecule has 30 heavy (non-hydrogen) atoms. The number of nitrogens with zero attached hydrogens (tertiary/aromatic N) is 1. The molecule has 0 saturated carbocycles. The van der Waals surface area contributed by atoms with Gasteiger partial charge in [-0.15, -0.1) is 0 Å². The Hall–Kier alpha value is -2.99. The maximum Gasteiger partial charge on any atom is 0.265 e. The lowest BCUT2D eigenvalue weighted by atomic mass is 10.3. The van der Waals surface area contributed by atoms with Gasteiger partial charge < -0.3 is 14.2 Å². The van der Waals surface area contributed by atoms with Gasteiger partial charge in [0.1, 0.15) is 10.6 Å². The van der Waals surface area contributed by atoms with Crippen molar-refractivity contribution in [3.63, 3.8) is 0 Å². The Morgan fingerprint density at radius 1 is 0.933 bits per heavy atom. The van der Waals surface area contributed by atoms with E-state index in [1.807, 2.05) is 0 Å². The van der Waals surface area contributed by atoms with Crippen LogP contribution in [0.25, 0.3) is 0 Å². The maximum absolute atomic E-state index is 13.0. The molecule has 2 aromatic carbocycles. The molecule has 1 aliphatic heterocycles. The molecule has 0 atom stereocenters. The predicted octanol–water partition coefficient (Wildman–Crippen LogP) is 1.58. The Morgan fingerprint density at radius 3 is 2.13 bits per heavy atom. The molecule has 1 fully saturated rings. The van der Waals surface area contributed by atoms with Crippen LogP contribution in [0, 0.1) is 0 Å². The third-order valence-electron chi connectivity index (χ3n) is 4.39. The first-order chi connectivity index (χ1) is 14.1. The van der Waals surface area contributed by atoms with Gasteiger partial charge in [0.2, 0.25) is 15.9 Å². The Kier molecular flexibility index (Phi) is 5.81. The minimum Gasteiger partial charge on any atom is -0.495 e. The predicted molar refractivity (Wildman–Crippen MR) is 109 cm³/mol. The number of nitrogens with one attached hydrogen (secondary N) is 1. The van der Waals surface area contributed by atoms with E-state index in [-0.39, 0.29) is 34.2 Å². The second-order valence-corrected chi connectivity index (χ2v) is 9.82. The Morgan fingerprint density at radius 2 is 1.57 bits per heavy atom. The summed E-state index contributed by atoms with van der Waals surface area (Å²) in [6.07, 6.45) is -0.166. The first-order valence-electron chi connectivity index (χ1n) is 8.61. The summed E-state index contributed by atoms with van der Waals surface area (Å²) in [6.45, 7) is 0.